The molecule has 57 valence electrons. The first-order valence-corrected chi connectivity index (χ1v) is 8.36. The van der Waals surface area contributed by atoms with Crippen LogP contribution in [0.3, 0.4) is 0 Å². The molecule has 0 heterocycles. The number of rotatable bonds is 1. The van der Waals surface area contributed by atoms with Gasteiger partial charge in [-0.25, -0.2) is 0 Å². The van der Waals surface area contributed by atoms with E-state index in [0.29, 0.717) is 0 Å². The quantitative estimate of drug-likeness (QED) is 0.608. The zero-order valence-corrected chi connectivity index (χ0v) is 10.3. The molecule has 0 radical (unpaired) electrons. The van der Waals surface area contributed by atoms with E-state index in [1.807, 2.05) is 0 Å². The Balaban J connectivity index is 0. The Morgan fingerprint density at radius 2 is 2.10 bits per heavy atom. The van der Waals surface area contributed by atoms with Crippen molar-refractivity contribution in [2.45, 2.75) is 26.1 Å². The zero-order chi connectivity index (χ0) is 7.78. The minimum atomic E-state index is -0.967. The van der Waals surface area contributed by atoms with Gasteiger partial charge in [0.25, 0.3) is 0 Å². The molecule has 0 unspecified atom stereocenters. The average Bonchev–Trinajstić information content (AvgIpc) is 2.11. The maximum absolute atomic E-state index is 2.41. The van der Waals surface area contributed by atoms with Crippen molar-refractivity contribution in [3.05, 3.63) is 20.6 Å². The molecular formula is C8H15SiZr-2. The summed E-state index contributed by atoms with van der Waals surface area (Å²) >= 11 is 1.59. The Labute approximate surface area is 82.2 Å². The van der Waals surface area contributed by atoms with E-state index in [4.69, 9.17) is 0 Å². The largest absolute Gasteiger partial charge is 1.00 e. The third-order valence-corrected chi connectivity index (χ3v) is 4.67. The van der Waals surface area contributed by atoms with Crippen molar-refractivity contribution < 1.29 is 27.6 Å². The summed E-state index contributed by atoms with van der Waals surface area (Å²) < 4.78 is 1.62. The maximum Gasteiger partial charge on any atom is -1.00 e. The molecule has 0 fully saturated rings. The van der Waals surface area contributed by atoms with Gasteiger partial charge in [-0.2, -0.15) is 0 Å². The van der Waals surface area contributed by atoms with E-state index in [2.05, 4.69) is 31.8 Å². The Kier molecular flexibility index (Phi) is 2.52. The first-order valence-electron chi connectivity index (χ1n) is 3.63. The van der Waals surface area contributed by atoms with Gasteiger partial charge >= 0.3 is 79.5 Å². The molecule has 1 aliphatic rings. The second-order valence-corrected chi connectivity index (χ2v) is 10.4. The SMILES string of the molecule is C[Si](C)(C)C1=CC[C]([Zr])=C1.[H-].[H-]. The van der Waals surface area contributed by atoms with Gasteiger partial charge in [0.15, 0.2) is 0 Å². The van der Waals surface area contributed by atoms with Crippen LogP contribution in [0.15, 0.2) is 20.6 Å². The molecule has 10 heavy (non-hydrogen) atoms. The molecule has 0 aromatic heterocycles. The molecule has 1 aliphatic carbocycles. The summed E-state index contributed by atoms with van der Waals surface area (Å²) in [6.45, 7) is 7.22. The molecule has 0 aromatic carbocycles. The summed E-state index contributed by atoms with van der Waals surface area (Å²) in [5, 5.41) is 1.65. The van der Waals surface area contributed by atoms with Crippen LogP contribution in [0.2, 0.25) is 19.6 Å². The van der Waals surface area contributed by atoms with Crippen LogP contribution in [0.1, 0.15) is 9.27 Å². The van der Waals surface area contributed by atoms with Crippen molar-refractivity contribution in [2.75, 3.05) is 0 Å². The molecule has 0 aromatic rings. The third kappa shape index (κ3) is 2.03. The molecule has 2 heteroatoms. The molecule has 1 rings (SSSR count). The molecule has 0 atom stereocenters. The van der Waals surface area contributed by atoms with Crippen molar-refractivity contribution in [1.82, 2.24) is 0 Å². The van der Waals surface area contributed by atoms with Crippen LogP contribution in [-0.2, 0) is 24.7 Å². The Hall–Kier alpha value is 0.580. The molecule has 0 saturated heterocycles. The molecular weight excluding hydrogens is 215 g/mol. The smallest absolute Gasteiger partial charge is 1.00 e. The zero-order valence-electron chi connectivity index (χ0n) is 8.86. The standard InChI is InChI=1S/C8H13Si.Zr.2H/c1-9(2,3)8-6-4-5-7-8;;;/h6-7H,4H2,1-3H3;;;/q;;2*-1. The summed E-state index contributed by atoms with van der Waals surface area (Å²) in [7, 11) is -0.967. The van der Waals surface area contributed by atoms with Crippen LogP contribution >= 0.6 is 0 Å². The minimum absolute atomic E-state index is 0. The minimum Gasteiger partial charge on any atom is -1.00 e. The van der Waals surface area contributed by atoms with Gasteiger partial charge in [-0.3, -0.25) is 0 Å². The number of hydrogen-bond donors (Lipinski definition) is 0. The first kappa shape index (κ1) is 8.67. The second-order valence-electron chi connectivity index (χ2n) is 3.78. The third-order valence-electron chi connectivity index (χ3n) is 1.74. The van der Waals surface area contributed by atoms with E-state index >= 15 is 0 Å². The van der Waals surface area contributed by atoms with Crippen LogP contribution in [0.25, 0.3) is 0 Å². The van der Waals surface area contributed by atoms with Gasteiger partial charge in [0.05, 0.1) is 0 Å². The van der Waals surface area contributed by atoms with E-state index in [-0.39, 0.29) is 2.85 Å². The van der Waals surface area contributed by atoms with Gasteiger partial charge in [0, 0.05) is 0 Å². The predicted molar refractivity (Wildman–Crippen MR) is 46.4 cm³/mol. The fourth-order valence-corrected chi connectivity index (χ4v) is 3.36. The van der Waals surface area contributed by atoms with E-state index in [0.717, 1.165) is 0 Å². The van der Waals surface area contributed by atoms with Crippen molar-refractivity contribution in [1.29, 1.82) is 0 Å². The summed E-state index contributed by atoms with van der Waals surface area (Å²) in [4.78, 5) is 0. The Bertz CT molecular complexity index is 204. The molecule has 0 amide bonds. The van der Waals surface area contributed by atoms with Crippen LogP contribution in [0, 0.1) is 0 Å². The van der Waals surface area contributed by atoms with Gasteiger partial charge in [-0.05, 0) is 0 Å². The monoisotopic (exact) mass is 229 g/mol. The van der Waals surface area contributed by atoms with Crippen molar-refractivity contribution >= 4 is 8.07 Å². The average molecular weight is 231 g/mol. The van der Waals surface area contributed by atoms with Gasteiger partial charge in [0.1, 0.15) is 0 Å². The van der Waals surface area contributed by atoms with Crippen LogP contribution in [0.4, 0.5) is 0 Å². The Morgan fingerprint density at radius 3 is 2.30 bits per heavy atom. The Morgan fingerprint density at radius 1 is 1.50 bits per heavy atom. The van der Waals surface area contributed by atoms with E-state index in [1.165, 1.54) is 6.42 Å². The molecule has 0 saturated carbocycles. The predicted octanol–water partition coefficient (Wildman–Crippen LogP) is 2.85. The van der Waals surface area contributed by atoms with Crippen LogP contribution < -0.4 is 0 Å². The summed E-state index contributed by atoms with van der Waals surface area (Å²) in [6, 6.07) is 0. The van der Waals surface area contributed by atoms with Crippen molar-refractivity contribution in [2.24, 2.45) is 0 Å². The van der Waals surface area contributed by atoms with Gasteiger partial charge < -0.3 is 2.85 Å². The summed E-state index contributed by atoms with van der Waals surface area (Å²) in [6.07, 6.45) is 6.05. The molecule has 0 bridgehead atoms. The van der Waals surface area contributed by atoms with Crippen LogP contribution in [-0.4, -0.2) is 8.07 Å². The van der Waals surface area contributed by atoms with Crippen molar-refractivity contribution in [3.63, 3.8) is 0 Å². The number of hydrogen-bond acceptors (Lipinski definition) is 0. The molecule has 0 aliphatic heterocycles. The van der Waals surface area contributed by atoms with Gasteiger partial charge in [-0.1, -0.05) is 0 Å². The molecule has 0 nitrogen and oxygen atoms in total. The van der Waals surface area contributed by atoms with Crippen molar-refractivity contribution in [3.8, 4) is 0 Å². The summed E-state index contributed by atoms with van der Waals surface area (Å²) in [5.74, 6) is 0. The van der Waals surface area contributed by atoms with Gasteiger partial charge in [-0.15, -0.1) is 0 Å². The molecule has 0 N–H and O–H groups in total. The topological polar surface area (TPSA) is 0 Å². The van der Waals surface area contributed by atoms with E-state index in [1.54, 1.807) is 33.2 Å². The number of allylic oxidation sites excluding steroid dienone is 4. The summed E-state index contributed by atoms with van der Waals surface area (Å²) in [5.41, 5.74) is 0. The second kappa shape index (κ2) is 2.91. The first-order chi connectivity index (χ1) is 4.50. The van der Waals surface area contributed by atoms with E-state index in [9.17, 15) is 0 Å². The normalized spacial score (nSPS) is 18.6. The van der Waals surface area contributed by atoms with E-state index < -0.39 is 8.07 Å². The maximum atomic E-state index is 2.41. The van der Waals surface area contributed by atoms with Crippen LogP contribution in [0.5, 0.6) is 0 Å². The molecule has 0 spiro atoms. The fourth-order valence-electron chi connectivity index (χ4n) is 1.05. The van der Waals surface area contributed by atoms with Gasteiger partial charge in [0.2, 0.25) is 0 Å². The fraction of sp³-hybridized carbons (Fsp3) is 0.500.